The van der Waals surface area contributed by atoms with E-state index in [-0.39, 0.29) is 28.9 Å². The Balaban J connectivity index is 1.31. The highest BCUT2D eigenvalue weighted by Crippen LogP contribution is 2.49. The number of para-hydroxylation sites is 2. The number of esters is 1. The molecule has 5 nitrogen and oxygen atoms in total. The van der Waals surface area contributed by atoms with Gasteiger partial charge in [0.25, 0.3) is 0 Å². The smallest absolute Gasteiger partial charge is 0.312 e. The number of nitrogens with one attached hydrogen (secondary N) is 1. The fourth-order valence-corrected chi connectivity index (χ4v) is 11.6. The summed E-state index contributed by atoms with van der Waals surface area (Å²) >= 11 is 0. The molecule has 3 atom stereocenters. The number of ether oxygens (including phenoxy) is 1. The molecule has 0 bridgehead atoms. The lowest BCUT2D eigenvalue weighted by Gasteiger charge is -2.45. The number of hydrogen-bond donors (Lipinski definition) is 1. The zero-order chi connectivity index (χ0) is 51.8. The van der Waals surface area contributed by atoms with Gasteiger partial charge in [0, 0.05) is 35.2 Å². The Bertz CT molecular complexity index is 2570. The number of nitrogens with zero attached hydrogens (tertiary/aromatic N) is 2. The average Bonchev–Trinajstić information content (AvgIpc) is 3.37. The molecule has 7 rings (SSSR count). The number of carbonyl (C=O) groups is 1. The summed E-state index contributed by atoms with van der Waals surface area (Å²) in [5.41, 5.74) is 14.5. The van der Waals surface area contributed by atoms with Crippen LogP contribution >= 0.6 is 0 Å². The number of rotatable bonds is 20. The van der Waals surface area contributed by atoms with Crippen LogP contribution in [0.5, 0.6) is 0 Å². The van der Waals surface area contributed by atoms with Crippen molar-refractivity contribution in [1.82, 2.24) is 0 Å². The zero-order valence-electron chi connectivity index (χ0n) is 46.6. The van der Waals surface area contributed by atoms with Gasteiger partial charge in [0.2, 0.25) is 0 Å². The van der Waals surface area contributed by atoms with E-state index in [0.29, 0.717) is 0 Å². The second kappa shape index (κ2) is 23.5. The Morgan fingerprint density at radius 2 is 1.03 bits per heavy atom. The molecule has 5 heteroatoms. The minimum atomic E-state index is -0.621. The highest BCUT2D eigenvalue weighted by Gasteiger charge is 2.49. The molecule has 1 saturated carbocycles. The summed E-state index contributed by atoms with van der Waals surface area (Å²) in [5.74, 6) is 1.13. The molecule has 0 spiro atoms. The van der Waals surface area contributed by atoms with E-state index in [4.69, 9.17) is 4.74 Å². The summed E-state index contributed by atoms with van der Waals surface area (Å²) in [6.07, 6.45) is 10.6. The quantitative estimate of drug-likeness (QED) is 0.0469. The molecule has 1 fully saturated rings. The molecule has 1 aliphatic rings. The maximum absolute atomic E-state index is 14.4. The topological polar surface area (TPSA) is 44.8 Å². The second-order valence-electron chi connectivity index (χ2n) is 23.0. The first kappa shape index (κ1) is 54.1. The number of hydrogen-bond acceptors (Lipinski definition) is 5. The predicted octanol–water partition coefficient (Wildman–Crippen LogP) is 18.0. The minimum absolute atomic E-state index is 0.00797. The second-order valence-corrected chi connectivity index (χ2v) is 23.0. The molecule has 1 aliphatic carbocycles. The first-order chi connectivity index (χ1) is 34.5. The lowest BCUT2D eigenvalue weighted by atomic mass is 9.61. The Morgan fingerprint density at radius 3 is 1.46 bits per heavy atom. The SMILES string of the molecule is CCCN(c1ccc([C+](c2ccc(N(CCC)c3c(CC)cccc3CC)cc2)c2ccc(NC3CCCCC3OC(=O)C(C)(CC(C)(C)C)C(C)(C)C)c3ccccc23)cc1)c1c(CC)cccc1CC. The van der Waals surface area contributed by atoms with Crippen LogP contribution in [-0.4, -0.2) is 31.2 Å². The van der Waals surface area contributed by atoms with E-state index in [9.17, 15) is 4.79 Å². The maximum Gasteiger partial charge on any atom is 0.312 e. The monoisotopic (exact) mass is 967 g/mol. The molecule has 0 aliphatic heterocycles. The van der Waals surface area contributed by atoms with Crippen molar-refractivity contribution in [3.63, 3.8) is 0 Å². The first-order valence-corrected chi connectivity index (χ1v) is 27.8. The van der Waals surface area contributed by atoms with Crippen molar-refractivity contribution < 1.29 is 9.53 Å². The Hall–Kier alpha value is -5.68. The molecular weight excluding hydrogens is 879 g/mol. The van der Waals surface area contributed by atoms with Crippen molar-refractivity contribution in [2.24, 2.45) is 16.2 Å². The van der Waals surface area contributed by atoms with Gasteiger partial charge in [0.05, 0.1) is 51.1 Å². The summed E-state index contributed by atoms with van der Waals surface area (Å²) < 4.78 is 6.68. The number of carbonyl (C=O) groups excluding carboxylic acids is 1. The summed E-state index contributed by atoms with van der Waals surface area (Å²) in [6.45, 7) is 30.9. The highest BCUT2D eigenvalue weighted by atomic mass is 16.5. The normalized spacial score (nSPS) is 16.0. The molecule has 1 N–H and O–H groups in total. The van der Waals surface area contributed by atoms with Gasteiger partial charge < -0.3 is 19.9 Å². The van der Waals surface area contributed by atoms with Gasteiger partial charge in [-0.2, -0.15) is 0 Å². The predicted molar refractivity (Wildman–Crippen MR) is 310 cm³/mol. The largest absolute Gasteiger partial charge is 0.460 e. The highest BCUT2D eigenvalue weighted by molar-refractivity contribution is 5.98. The first-order valence-electron chi connectivity index (χ1n) is 27.8. The van der Waals surface area contributed by atoms with Gasteiger partial charge in [-0.1, -0.05) is 138 Å². The fraction of sp³-hybridized carbons (Fsp3) is 0.463. The van der Waals surface area contributed by atoms with Crippen LogP contribution in [0.2, 0.25) is 0 Å². The van der Waals surface area contributed by atoms with Crippen molar-refractivity contribution in [2.75, 3.05) is 28.2 Å². The number of benzene rings is 6. The molecule has 0 aromatic heterocycles. The van der Waals surface area contributed by atoms with Crippen molar-refractivity contribution in [2.45, 2.75) is 173 Å². The summed E-state index contributed by atoms with van der Waals surface area (Å²) in [4.78, 5) is 19.5. The van der Waals surface area contributed by atoms with Gasteiger partial charge in [0.1, 0.15) is 6.10 Å². The van der Waals surface area contributed by atoms with E-state index in [1.54, 1.807) is 0 Å². The van der Waals surface area contributed by atoms with Gasteiger partial charge in [-0.05, 0) is 177 Å². The third-order valence-electron chi connectivity index (χ3n) is 15.8. The molecule has 6 aromatic rings. The lowest BCUT2D eigenvalue weighted by Crippen LogP contribution is -2.48. The Labute approximate surface area is 436 Å². The Morgan fingerprint density at radius 1 is 0.569 bits per heavy atom. The number of aryl methyl sites for hydroxylation is 4. The molecule has 0 heterocycles. The molecule has 0 radical (unpaired) electrons. The zero-order valence-corrected chi connectivity index (χ0v) is 46.6. The number of fused-ring (bicyclic) bond motifs is 1. The van der Waals surface area contributed by atoms with Gasteiger partial charge >= 0.3 is 5.97 Å². The van der Waals surface area contributed by atoms with Gasteiger partial charge in [-0.25, -0.2) is 0 Å². The fourth-order valence-electron chi connectivity index (χ4n) is 11.6. The number of anilines is 5. The molecule has 382 valence electrons. The van der Waals surface area contributed by atoms with E-state index in [1.165, 1.54) is 78.4 Å². The molecule has 0 saturated heterocycles. The van der Waals surface area contributed by atoms with Gasteiger partial charge in [0.15, 0.2) is 0 Å². The third kappa shape index (κ3) is 11.7. The van der Waals surface area contributed by atoms with E-state index in [0.717, 1.165) is 89.4 Å². The van der Waals surface area contributed by atoms with Crippen LogP contribution in [-0.2, 0) is 35.2 Å². The van der Waals surface area contributed by atoms with E-state index >= 15 is 0 Å². The van der Waals surface area contributed by atoms with Crippen molar-refractivity contribution in [3.8, 4) is 0 Å². The van der Waals surface area contributed by atoms with Crippen LogP contribution in [0.1, 0.15) is 174 Å². The van der Waals surface area contributed by atoms with Crippen molar-refractivity contribution in [3.05, 3.63) is 166 Å². The van der Waals surface area contributed by atoms with Crippen molar-refractivity contribution >= 4 is 45.2 Å². The van der Waals surface area contributed by atoms with Gasteiger partial charge in [-0.3, -0.25) is 4.79 Å². The van der Waals surface area contributed by atoms with Crippen LogP contribution in [0, 0.1) is 22.2 Å². The minimum Gasteiger partial charge on any atom is -0.460 e. The van der Waals surface area contributed by atoms with Gasteiger partial charge in [-0.15, -0.1) is 0 Å². The van der Waals surface area contributed by atoms with Crippen LogP contribution in [0.25, 0.3) is 10.8 Å². The molecular formula is C67H88N3O2+. The molecule has 0 amide bonds. The van der Waals surface area contributed by atoms with E-state index in [1.807, 2.05) is 0 Å². The van der Waals surface area contributed by atoms with Crippen LogP contribution in [0.3, 0.4) is 0 Å². The molecule has 72 heavy (non-hydrogen) atoms. The molecule has 3 unspecified atom stereocenters. The lowest BCUT2D eigenvalue weighted by molar-refractivity contribution is -0.172. The van der Waals surface area contributed by atoms with Crippen LogP contribution in [0.15, 0.2) is 121 Å². The molecule has 6 aromatic carbocycles. The maximum atomic E-state index is 14.4. The van der Waals surface area contributed by atoms with E-state index in [2.05, 4.69) is 226 Å². The van der Waals surface area contributed by atoms with E-state index < -0.39 is 5.41 Å². The summed E-state index contributed by atoms with van der Waals surface area (Å²) in [7, 11) is 0. The summed E-state index contributed by atoms with van der Waals surface area (Å²) in [5, 5.41) is 6.35. The van der Waals surface area contributed by atoms with Crippen molar-refractivity contribution in [1.29, 1.82) is 0 Å². The standard InChI is InChI=1S/C67H88N3O2/c1-14-44-69(62-47(16-3)26-24-27-48(62)17-4)53-38-34-51(35-39-53)61(52-36-40-54(41-37-52)70(45-15-2)63-49(18-5)28-25-29-50(63)19-6)57-42-43-58(56-31-21-20-30-55(56)57)68-59-32-22-23-33-60(59)72-64(71)67(13,66(10,11)12)46-65(7,8)9/h20-21,24-31,34-43,59-60,68H,14-19,22-23,32-33,44-46H2,1-13H3/q+1. The average molecular weight is 967 g/mol. The third-order valence-corrected chi connectivity index (χ3v) is 15.8. The summed E-state index contributed by atoms with van der Waals surface area (Å²) in [6, 6.07) is 45.9. The van der Waals surface area contributed by atoms with Crippen LogP contribution in [0.4, 0.5) is 28.4 Å². The van der Waals surface area contributed by atoms with Crippen LogP contribution < -0.4 is 15.1 Å². The Kier molecular flexibility index (Phi) is 17.6.